The topological polar surface area (TPSA) is 108 Å². The molecule has 0 saturated carbocycles. The molecule has 0 saturated heterocycles. The van der Waals surface area contributed by atoms with Crippen LogP contribution in [0.15, 0.2) is 76.5 Å². The minimum absolute atomic E-state index is 0.0514. The van der Waals surface area contributed by atoms with Crippen LogP contribution in [0, 0.1) is 5.41 Å². The highest BCUT2D eigenvalue weighted by molar-refractivity contribution is 8.42. The minimum atomic E-state index is -3.57. The zero-order chi connectivity index (χ0) is 22.5. The van der Waals surface area contributed by atoms with Gasteiger partial charge in [-0.25, -0.2) is 8.42 Å². The largest absolute Gasteiger partial charge is 0.342 e. The molecule has 0 spiro atoms. The van der Waals surface area contributed by atoms with Crippen LogP contribution < -0.4 is 0 Å². The minimum Gasteiger partial charge on any atom is -0.342 e. The quantitative estimate of drug-likeness (QED) is 0.600. The molecule has 32 heavy (non-hydrogen) atoms. The maximum absolute atomic E-state index is 12.7. The van der Waals surface area contributed by atoms with Gasteiger partial charge in [0, 0.05) is 35.5 Å². The second-order valence-electron chi connectivity index (χ2n) is 7.37. The van der Waals surface area contributed by atoms with E-state index in [0.29, 0.717) is 6.54 Å². The Morgan fingerprint density at radius 2 is 1.81 bits per heavy atom. The average Bonchev–Trinajstić information content (AvgIpc) is 3.34. The van der Waals surface area contributed by atoms with E-state index in [1.165, 1.54) is 0 Å². The molecule has 2 aliphatic heterocycles. The summed E-state index contributed by atoms with van der Waals surface area (Å²) in [6.07, 6.45) is 4.59. The van der Waals surface area contributed by atoms with Gasteiger partial charge in [-0.3, -0.25) is 10.2 Å². The van der Waals surface area contributed by atoms with Gasteiger partial charge in [-0.1, -0.05) is 48.5 Å². The summed E-state index contributed by atoms with van der Waals surface area (Å²) in [5.74, 6) is -0.801. The van der Waals surface area contributed by atoms with Crippen molar-refractivity contribution in [1.82, 2.24) is 9.58 Å². The van der Waals surface area contributed by atoms with E-state index in [0.717, 1.165) is 45.1 Å². The lowest BCUT2D eigenvalue weighted by Crippen LogP contribution is -2.35. The van der Waals surface area contributed by atoms with Crippen molar-refractivity contribution in [3.05, 3.63) is 77.5 Å². The van der Waals surface area contributed by atoms with Gasteiger partial charge in [0.15, 0.2) is 5.84 Å². The van der Waals surface area contributed by atoms with Crippen LogP contribution in [0.25, 0.3) is 17.0 Å². The molecule has 0 bridgehead atoms. The second-order valence-corrected chi connectivity index (χ2v) is 10.5. The maximum atomic E-state index is 12.7. The number of para-hydroxylation sites is 1. The Balaban J connectivity index is 1.57. The molecule has 2 aromatic carbocycles. The number of amidine groups is 2. The molecule has 3 aromatic rings. The van der Waals surface area contributed by atoms with Crippen LogP contribution in [0.2, 0.25) is 0 Å². The van der Waals surface area contributed by atoms with Crippen LogP contribution in [0.3, 0.4) is 0 Å². The molecule has 0 atom stereocenters. The van der Waals surface area contributed by atoms with Gasteiger partial charge in [-0.2, -0.15) is 10.0 Å². The predicted octanol–water partition coefficient (Wildman–Crippen LogP) is 3.31. The number of fused-ring (bicyclic) bond motifs is 2. The van der Waals surface area contributed by atoms with Crippen molar-refractivity contribution in [1.29, 1.82) is 5.41 Å². The molecule has 0 aliphatic carbocycles. The number of amides is 1. The number of carbonyl (C=O) groups excluding carboxylic acids is 1. The Kier molecular flexibility index (Phi) is 4.83. The summed E-state index contributed by atoms with van der Waals surface area (Å²) >= 11 is 0.770. The molecular formula is C22H17N5O3S2. The molecule has 1 amide bonds. The fourth-order valence-corrected chi connectivity index (χ4v) is 5.27. The number of nitrogens with one attached hydrogen (secondary N) is 1. The molecular weight excluding hydrogens is 446 g/mol. The summed E-state index contributed by atoms with van der Waals surface area (Å²) in [4.78, 5) is 16.7. The van der Waals surface area contributed by atoms with Crippen LogP contribution in [0.1, 0.15) is 11.1 Å². The van der Waals surface area contributed by atoms with Crippen molar-refractivity contribution < 1.29 is 13.2 Å². The van der Waals surface area contributed by atoms with E-state index in [-0.39, 0.29) is 21.0 Å². The van der Waals surface area contributed by atoms with Crippen molar-refractivity contribution in [2.24, 2.45) is 10.1 Å². The van der Waals surface area contributed by atoms with E-state index in [9.17, 15) is 13.2 Å². The van der Waals surface area contributed by atoms with E-state index < -0.39 is 15.7 Å². The number of thioether (sulfide) groups is 1. The molecule has 160 valence electrons. The SMILES string of the molecule is CS(=O)(=O)C1=NN2C(=N)/C(=C\c3cn(Cc4ccccc4)c4ccccc34)C(=O)N=C2S1. The molecule has 3 heterocycles. The third-order valence-electron chi connectivity index (χ3n) is 5.07. The number of aliphatic imine (C=N–C) groups is 1. The van der Waals surface area contributed by atoms with Gasteiger partial charge in [-0.15, -0.1) is 5.10 Å². The van der Waals surface area contributed by atoms with Crippen LogP contribution in [0.4, 0.5) is 0 Å². The highest BCUT2D eigenvalue weighted by atomic mass is 32.3. The molecule has 0 fully saturated rings. The van der Waals surface area contributed by atoms with E-state index in [1.54, 1.807) is 6.08 Å². The number of aromatic nitrogens is 1. The fourth-order valence-electron chi connectivity index (χ4n) is 3.58. The monoisotopic (exact) mass is 463 g/mol. The molecule has 8 nitrogen and oxygen atoms in total. The van der Waals surface area contributed by atoms with Crippen molar-refractivity contribution in [3.63, 3.8) is 0 Å². The first-order chi connectivity index (χ1) is 15.3. The van der Waals surface area contributed by atoms with Crippen LogP contribution in [-0.2, 0) is 21.2 Å². The summed E-state index contributed by atoms with van der Waals surface area (Å²) in [6.45, 7) is 0.656. The molecule has 1 aromatic heterocycles. The van der Waals surface area contributed by atoms with Crippen molar-refractivity contribution in [3.8, 4) is 0 Å². The van der Waals surface area contributed by atoms with Gasteiger partial charge < -0.3 is 4.57 Å². The van der Waals surface area contributed by atoms with E-state index in [1.807, 2.05) is 60.8 Å². The number of nitrogens with zero attached hydrogens (tertiary/aromatic N) is 4. The zero-order valence-corrected chi connectivity index (χ0v) is 18.5. The maximum Gasteiger partial charge on any atom is 0.283 e. The van der Waals surface area contributed by atoms with Gasteiger partial charge >= 0.3 is 0 Å². The molecule has 5 rings (SSSR count). The molecule has 10 heteroatoms. The number of hydrogen-bond acceptors (Lipinski definition) is 6. The number of sulfone groups is 1. The summed E-state index contributed by atoms with van der Waals surface area (Å²) in [5, 5.41) is 14.6. The Hall–Kier alpha value is -3.50. The first kappa shape index (κ1) is 20.4. The van der Waals surface area contributed by atoms with Crippen LogP contribution in [0.5, 0.6) is 0 Å². The van der Waals surface area contributed by atoms with Gasteiger partial charge in [0.05, 0.1) is 5.57 Å². The van der Waals surface area contributed by atoms with E-state index in [2.05, 4.69) is 14.7 Å². The van der Waals surface area contributed by atoms with Crippen LogP contribution >= 0.6 is 11.8 Å². The number of benzene rings is 2. The third-order valence-corrected chi connectivity index (χ3v) is 7.65. The van der Waals surface area contributed by atoms with Gasteiger partial charge in [-0.05, 0) is 29.5 Å². The van der Waals surface area contributed by atoms with Gasteiger partial charge in [0.2, 0.25) is 19.4 Å². The van der Waals surface area contributed by atoms with Gasteiger partial charge in [0.1, 0.15) is 0 Å². The molecule has 1 N–H and O–H groups in total. The summed E-state index contributed by atoms with van der Waals surface area (Å²) in [5.41, 5.74) is 2.95. The Labute approximate surface area is 188 Å². The first-order valence-corrected chi connectivity index (χ1v) is 12.3. The Morgan fingerprint density at radius 1 is 1.09 bits per heavy atom. The Morgan fingerprint density at radius 3 is 2.56 bits per heavy atom. The lowest BCUT2D eigenvalue weighted by molar-refractivity contribution is -0.114. The summed E-state index contributed by atoms with van der Waals surface area (Å²) in [7, 11) is -3.57. The smallest absolute Gasteiger partial charge is 0.283 e. The summed E-state index contributed by atoms with van der Waals surface area (Å²) < 4.78 is 25.6. The molecule has 2 aliphatic rings. The average molecular weight is 464 g/mol. The third kappa shape index (κ3) is 3.57. The first-order valence-electron chi connectivity index (χ1n) is 9.63. The standard InChI is InChI=1S/C22H17N5O3S2/c1-32(29,30)22-25-27-19(23)17(20(28)24-21(27)31-22)11-15-13-26(12-14-7-3-2-4-8-14)18-10-6-5-9-16(15)18/h2-11,13,23H,12H2,1H3/b17-11+,23-19?. The normalized spacial score (nSPS) is 17.7. The number of hydrazone groups is 1. The number of rotatable bonds is 3. The predicted molar refractivity (Wildman–Crippen MR) is 127 cm³/mol. The molecule has 0 radical (unpaired) electrons. The lowest BCUT2D eigenvalue weighted by Gasteiger charge is -2.19. The summed E-state index contributed by atoms with van der Waals surface area (Å²) in [6, 6.07) is 17.9. The highest BCUT2D eigenvalue weighted by Gasteiger charge is 2.38. The Bertz CT molecular complexity index is 1480. The fraction of sp³-hybridized carbons (Fsp3) is 0.0909. The van der Waals surface area contributed by atoms with Crippen molar-refractivity contribution in [2.45, 2.75) is 6.54 Å². The number of carbonyl (C=O) groups is 1. The van der Waals surface area contributed by atoms with Gasteiger partial charge in [0.25, 0.3) is 5.91 Å². The lowest BCUT2D eigenvalue weighted by atomic mass is 10.1. The number of hydrogen-bond donors (Lipinski definition) is 1. The van der Waals surface area contributed by atoms with E-state index >= 15 is 0 Å². The highest BCUT2D eigenvalue weighted by Crippen LogP contribution is 2.31. The van der Waals surface area contributed by atoms with Crippen molar-refractivity contribution >= 4 is 59.9 Å². The van der Waals surface area contributed by atoms with Crippen molar-refractivity contribution in [2.75, 3.05) is 6.26 Å². The second kappa shape index (κ2) is 7.57. The zero-order valence-electron chi connectivity index (χ0n) is 16.9. The van der Waals surface area contributed by atoms with E-state index in [4.69, 9.17) is 5.41 Å². The van der Waals surface area contributed by atoms with Crippen LogP contribution in [-0.4, -0.2) is 45.5 Å². The molecule has 0 unspecified atom stereocenters.